The molecule has 2 aromatic rings. The molecule has 1 aliphatic rings. The molecule has 28 heavy (non-hydrogen) atoms. The lowest BCUT2D eigenvalue weighted by molar-refractivity contribution is 0.0643. The van der Waals surface area contributed by atoms with Crippen molar-refractivity contribution in [3.63, 3.8) is 0 Å². The van der Waals surface area contributed by atoms with Gasteiger partial charge >= 0.3 is 0 Å². The number of hydrogen-bond acceptors (Lipinski definition) is 4. The zero-order valence-electron chi connectivity index (χ0n) is 16.5. The fraction of sp³-hybridized carbons (Fsp3) is 0.409. The number of carbonyl (C=O) groups excluding carboxylic acids is 1. The summed E-state index contributed by atoms with van der Waals surface area (Å²) in [7, 11) is 0. The lowest BCUT2D eigenvalue weighted by Gasteiger charge is -2.34. The zero-order valence-corrected chi connectivity index (χ0v) is 17.2. The van der Waals surface area contributed by atoms with Gasteiger partial charge < -0.3 is 19.3 Å². The summed E-state index contributed by atoms with van der Waals surface area (Å²) in [6, 6.07) is 12.9. The molecular weight excluding hydrogens is 376 g/mol. The standard InChI is InChI=1S/C22H27ClN2O3/c1-3-24-11-13-25(14-12-24)22(26)17-9-10-20(27-4-2)18(15-17)16-28-21-8-6-5-7-19(21)23/h5-10,15H,3-4,11-14,16H2,1-2H3. The number of amides is 1. The van der Waals surface area contributed by atoms with Gasteiger partial charge in [0.25, 0.3) is 5.91 Å². The summed E-state index contributed by atoms with van der Waals surface area (Å²) in [5.41, 5.74) is 1.49. The van der Waals surface area contributed by atoms with Crippen molar-refractivity contribution in [2.24, 2.45) is 0 Å². The van der Waals surface area contributed by atoms with Gasteiger partial charge in [0, 0.05) is 37.3 Å². The van der Waals surface area contributed by atoms with Crippen LogP contribution >= 0.6 is 11.6 Å². The third-order valence-corrected chi connectivity index (χ3v) is 5.25. The molecule has 0 unspecified atom stereocenters. The first kappa shape index (κ1) is 20.5. The molecule has 1 saturated heterocycles. The first-order valence-electron chi connectivity index (χ1n) is 9.77. The van der Waals surface area contributed by atoms with Crippen LogP contribution in [0.5, 0.6) is 11.5 Å². The van der Waals surface area contributed by atoms with Crippen LogP contribution in [-0.2, 0) is 6.61 Å². The van der Waals surface area contributed by atoms with E-state index < -0.39 is 0 Å². The number of hydrogen-bond donors (Lipinski definition) is 0. The van der Waals surface area contributed by atoms with Crippen molar-refractivity contribution >= 4 is 17.5 Å². The molecule has 0 bridgehead atoms. The van der Waals surface area contributed by atoms with Crippen LogP contribution < -0.4 is 9.47 Å². The van der Waals surface area contributed by atoms with Crippen LogP contribution in [-0.4, -0.2) is 55.0 Å². The largest absolute Gasteiger partial charge is 0.493 e. The fourth-order valence-electron chi connectivity index (χ4n) is 3.29. The molecular formula is C22H27ClN2O3. The van der Waals surface area contributed by atoms with Crippen LogP contribution in [0.3, 0.4) is 0 Å². The molecule has 1 aliphatic heterocycles. The SMILES string of the molecule is CCOc1ccc(C(=O)N2CCN(CC)CC2)cc1COc1ccccc1Cl. The Labute approximate surface area is 171 Å². The second-order valence-electron chi connectivity index (χ2n) is 6.70. The van der Waals surface area contributed by atoms with E-state index in [9.17, 15) is 4.79 Å². The topological polar surface area (TPSA) is 42.0 Å². The van der Waals surface area contributed by atoms with E-state index in [0.717, 1.165) is 44.0 Å². The molecule has 150 valence electrons. The number of nitrogens with zero attached hydrogens (tertiary/aromatic N) is 2. The number of rotatable bonds is 7. The first-order valence-corrected chi connectivity index (χ1v) is 10.1. The minimum Gasteiger partial charge on any atom is -0.493 e. The van der Waals surface area contributed by atoms with E-state index in [1.807, 2.05) is 48.2 Å². The summed E-state index contributed by atoms with van der Waals surface area (Å²) >= 11 is 6.18. The van der Waals surface area contributed by atoms with Gasteiger partial charge in [0.1, 0.15) is 18.1 Å². The molecule has 1 fully saturated rings. The van der Waals surface area contributed by atoms with Crippen molar-refractivity contribution in [1.82, 2.24) is 9.80 Å². The van der Waals surface area contributed by atoms with E-state index in [0.29, 0.717) is 22.9 Å². The lowest BCUT2D eigenvalue weighted by Crippen LogP contribution is -2.48. The highest BCUT2D eigenvalue weighted by molar-refractivity contribution is 6.32. The summed E-state index contributed by atoms with van der Waals surface area (Å²) in [4.78, 5) is 17.2. The fourth-order valence-corrected chi connectivity index (χ4v) is 3.48. The summed E-state index contributed by atoms with van der Waals surface area (Å²) in [5, 5.41) is 0.557. The van der Waals surface area contributed by atoms with Gasteiger partial charge in [-0.2, -0.15) is 0 Å². The third-order valence-electron chi connectivity index (χ3n) is 4.93. The lowest BCUT2D eigenvalue weighted by atomic mass is 10.1. The molecule has 1 amide bonds. The van der Waals surface area contributed by atoms with Crippen molar-refractivity contribution < 1.29 is 14.3 Å². The molecule has 3 rings (SSSR count). The van der Waals surface area contributed by atoms with Gasteiger partial charge in [0.2, 0.25) is 0 Å². The average molecular weight is 403 g/mol. The van der Waals surface area contributed by atoms with Crippen LogP contribution in [0, 0.1) is 0 Å². The molecule has 1 heterocycles. The molecule has 0 aliphatic carbocycles. The van der Waals surface area contributed by atoms with Gasteiger partial charge in [0.05, 0.1) is 11.6 Å². The molecule has 5 nitrogen and oxygen atoms in total. The van der Waals surface area contributed by atoms with Crippen molar-refractivity contribution in [3.05, 3.63) is 58.6 Å². The molecule has 0 spiro atoms. The molecule has 0 aromatic heterocycles. The van der Waals surface area contributed by atoms with E-state index in [2.05, 4.69) is 11.8 Å². The van der Waals surface area contributed by atoms with Crippen LogP contribution in [0.15, 0.2) is 42.5 Å². The zero-order chi connectivity index (χ0) is 19.9. The van der Waals surface area contributed by atoms with E-state index in [4.69, 9.17) is 21.1 Å². The Kier molecular flexibility index (Phi) is 7.18. The van der Waals surface area contributed by atoms with Gasteiger partial charge in [-0.15, -0.1) is 0 Å². The Balaban J connectivity index is 1.75. The quantitative estimate of drug-likeness (QED) is 0.699. The highest BCUT2D eigenvalue weighted by Gasteiger charge is 2.22. The Morgan fingerprint density at radius 2 is 1.75 bits per heavy atom. The summed E-state index contributed by atoms with van der Waals surface area (Å²) in [6.07, 6.45) is 0. The highest BCUT2D eigenvalue weighted by Crippen LogP contribution is 2.27. The van der Waals surface area contributed by atoms with E-state index in [-0.39, 0.29) is 12.5 Å². The van der Waals surface area contributed by atoms with Gasteiger partial charge in [-0.3, -0.25) is 4.79 Å². The number of benzene rings is 2. The smallest absolute Gasteiger partial charge is 0.253 e. The predicted molar refractivity (Wildman–Crippen MR) is 111 cm³/mol. The maximum absolute atomic E-state index is 12.9. The first-order chi connectivity index (χ1) is 13.6. The van der Waals surface area contributed by atoms with Crippen LogP contribution in [0.2, 0.25) is 5.02 Å². The average Bonchev–Trinajstić information content (AvgIpc) is 2.73. The summed E-state index contributed by atoms with van der Waals surface area (Å²) in [6.45, 7) is 9.28. The normalized spacial score (nSPS) is 14.8. The Morgan fingerprint density at radius 3 is 2.43 bits per heavy atom. The summed E-state index contributed by atoms with van der Waals surface area (Å²) < 4.78 is 11.6. The van der Waals surface area contributed by atoms with Crippen molar-refractivity contribution in [2.45, 2.75) is 20.5 Å². The van der Waals surface area contributed by atoms with Gasteiger partial charge in [-0.05, 0) is 43.8 Å². The Morgan fingerprint density at radius 1 is 1.00 bits per heavy atom. The minimum atomic E-state index is 0.0535. The number of carbonyl (C=O) groups is 1. The van der Waals surface area contributed by atoms with Gasteiger partial charge in [-0.25, -0.2) is 0 Å². The number of likely N-dealkylation sites (N-methyl/N-ethyl adjacent to an activating group) is 1. The van der Waals surface area contributed by atoms with E-state index in [1.165, 1.54) is 0 Å². The number of para-hydroxylation sites is 1. The number of ether oxygens (including phenoxy) is 2. The molecule has 0 atom stereocenters. The second-order valence-corrected chi connectivity index (χ2v) is 7.11. The van der Waals surface area contributed by atoms with Crippen LogP contribution in [0.1, 0.15) is 29.8 Å². The third kappa shape index (κ3) is 4.97. The number of piperazine rings is 1. The van der Waals surface area contributed by atoms with E-state index >= 15 is 0 Å². The highest BCUT2D eigenvalue weighted by atomic mass is 35.5. The van der Waals surface area contributed by atoms with Crippen molar-refractivity contribution in [2.75, 3.05) is 39.3 Å². The minimum absolute atomic E-state index is 0.0535. The molecule has 6 heteroatoms. The van der Waals surface area contributed by atoms with Crippen LogP contribution in [0.4, 0.5) is 0 Å². The van der Waals surface area contributed by atoms with Crippen molar-refractivity contribution in [3.8, 4) is 11.5 Å². The van der Waals surface area contributed by atoms with Crippen molar-refractivity contribution in [1.29, 1.82) is 0 Å². The summed E-state index contributed by atoms with van der Waals surface area (Å²) in [5.74, 6) is 1.39. The monoisotopic (exact) mass is 402 g/mol. The second kappa shape index (κ2) is 9.80. The Bertz CT molecular complexity index is 804. The Hall–Kier alpha value is -2.24. The van der Waals surface area contributed by atoms with Gasteiger partial charge in [0.15, 0.2) is 0 Å². The maximum atomic E-state index is 12.9. The molecule has 0 radical (unpaired) electrons. The molecule has 0 saturated carbocycles. The molecule has 2 aromatic carbocycles. The number of halogens is 1. The van der Waals surface area contributed by atoms with E-state index in [1.54, 1.807) is 6.07 Å². The predicted octanol–water partition coefficient (Wildman–Crippen LogP) is 4.10. The van der Waals surface area contributed by atoms with Crippen LogP contribution in [0.25, 0.3) is 0 Å². The maximum Gasteiger partial charge on any atom is 0.253 e. The van der Waals surface area contributed by atoms with Gasteiger partial charge in [-0.1, -0.05) is 30.7 Å². The molecule has 0 N–H and O–H groups in total.